The average molecular weight is 227 g/mol. The summed E-state index contributed by atoms with van der Waals surface area (Å²) in [7, 11) is 0. The Hall–Kier alpha value is -1.43. The van der Waals surface area contributed by atoms with E-state index in [4.69, 9.17) is 9.63 Å². The summed E-state index contributed by atoms with van der Waals surface area (Å²) in [5.74, 6) is 0.259. The Kier molecular flexibility index (Phi) is 4.42. The molecular weight excluding hydrogens is 210 g/mol. The Morgan fingerprint density at radius 2 is 2.25 bits per heavy atom. The molecule has 2 unspecified atom stereocenters. The number of rotatable bonds is 5. The van der Waals surface area contributed by atoms with Crippen LogP contribution in [0.5, 0.6) is 0 Å². The molecule has 0 aliphatic rings. The van der Waals surface area contributed by atoms with Crippen molar-refractivity contribution in [2.24, 2.45) is 5.92 Å². The molecule has 90 valence electrons. The summed E-state index contributed by atoms with van der Waals surface area (Å²) in [4.78, 5) is 15.3. The molecule has 1 heterocycles. The molecule has 0 aliphatic carbocycles. The third kappa shape index (κ3) is 3.98. The Bertz CT molecular complexity index is 349. The summed E-state index contributed by atoms with van der Waals surface area (Å²) in [6.45, 7) is 5.78. The summed E-state index contributed by atoms with van der Waals surface area (Å²) >= 11 is 0. The molecule has 1 rings (SSSR count). The SMILES string of the molecule is Cc1nc(C(=O)NCC(C)CC(C)O)no1. The largest absolute Gasteiger partial charge is 0.393 e. The summed E-state index contributed by atoms with van der Waals surface area (Å²) < 4.78 is 4.70. The lowest BCUT2D eigenvalue weighted by Gasteiger charge is -2.13. The Balaban J connectivity index is 2.35. The van der Waals surface area contributed by atoms with Gasteiger partial charge in [-0.1, -0.05) is 12.1 Å². The fourth-order valence-electron chi connectivity index (χ4n) is 1.40. The topological polar surface area (TPSA) is 88.2 Å². The molecule has 0 aliphatic heterocycles. The van der Waals surface area contributed by atoms with Crippen LogP contribution in [0.25, 0.3) is 0 Å². The quantitative estimate of drug-likeness (QED) is 0.765. The number of aromatic nitrogens is 2. The van der Waals surface area contributed by atoms with E-state index in [0.717, 1.165) is 0 Å². The molecule has 16 heavy (non-hydrogen) atoms. The number of carbonyl (C=O) groups excluding carboxylic acids is 1. The number of aliphatic hydroxyl groups is 1. The molecule has 2 N–H and O–H groups in total. The maximum atomic E-state index is 11.5. The first-order valence-corrected chi connectivity index (χ1v) is 5.25. The van der Waals surface area contributed by atoms with Gasteiger partial charge in [0.05, 0.1) is 6.10 Å². The van der Waals surface area contributed by atoms with E-state index in [0.29, 0.717) is 18.9 Å². The highest BCUT2D eigenvalue weighted by Crippen LogP contribution is 2.04. The smallest absolute Gasteiger partial charge is 0.292 e. The van der Waals surface area contributed by atoms with Crippen LogP contribution in [0.2, 0.25) is 0 Å². The van der Waals surface area contributed by atoms with Crippen molar-refractivity contribution >= 4 is 5.91 Å². The van der Waals surface area contributed by atoms with E-state index >= 15 is 0 Å². The predicted molar refractivity (Wildman–Crippen MR) is 56.8 cm³/mol. The number of aryl methyl sites for hydroxylation is 1. The minimum Gasteiger partial charge on any atom is -0.393 e. The third-order valence-corrected chi connectivity index (χ3v) is 2.09. The van der Waals surface area contributed by atoms with Gasteiger partial charge in [0.25, 0.3) is 11.7 Å². The standard InChI is InChI=1S/C10H17N3O3/c1-6(4-7(2)14)5-11-10(15)9-12-8(3)16-13-9/h6-7,14H,4-5H2,1-3H3,(H,11,15). The summed E-state index contributed by atoms with van der Waals surface area (Å²) in [6.07, 6.45) is 0.283. The van der Waals surface area contributed by atoms with E-state index in [1.807, 2.05) is 6.92 Å². The van der Waals surface area contributed by atoms with Gasteiger partial charge < -0.3 is 14.9 Å². The lowest BCUT2D eigenvalue weighted by Crippen LogP contribution is -2.30. The monoisotopic (exact) mass is 227 g/mol. The van der Waals surface area contributed by atoms with Crippen molar-refractivity contribution in [1.29, 1.82) is 0 Å². The van der Waals surface area contributed by atoms with Crippen molar-refractivity contribution in [2.45, 2.75) is 33.3 Å². The van der Waals surface area contributed by atoms with Crippen LogP contribution >= 0.6 is 0 Å². The first kappa shape index (κ1) is 12.6. The molecular formula is C10H17N3O3. The molecule has 6 nitrogen and oxygen atoms in total. The third-order valence-electron chi connectivity index (χ3n) is 2.09. The molecule has 0 spiro atoms. The second kappa shape index (κ2) is 5.60. The van der Waals surface area contributed by atoms with Gasteiger partial charge in [-0.05, 0) is 19.3 Å². The molecule has 0 radical (unpaired) electrons. The minimum absolute atomic E-state index is 0.0433. The van der Waals surface area contributed by atoms with Gasteiger partial charge in [-0.3, -0.25) is 4.79 Å². The van der Waals surface area contributed by atoms with Crippen LogP contribution in [0.15, 0.2) is 4.52 Å². The van der Waals surface area contributed by atoms with Crippen LogP contribution in [0.3, 0.4) is 0 Å². The molecule has 1 aromatic heterocycles. The molecule has 0 aromatic carbocycles. The van der Waals surface area contributed by atoms with Crippen molar-refractivity contribution in [1.82, 2.24) is 15.5 Å². The van der Waals surface area contributed by atoms with Crippen LogP contribution < -0.4 is 5.32 Å². The molecule has 1 aromatic rings. The van der Waals surface area contributed by atoms with Crippen molar-refractivity contribution < 1.29 is 14.4 Å². The highest BCUT2D eigenvalue weighted by molar-refractivity contribution is 5.90. The second-order valence-electron chi connectivity index (χ2n) is 4.04. The van der Waals surface area contributed by atoms with Crippen LogP contribution in [0, 0.1) is 12.8 Å². The van der Waals surface area contributed by atoms with Crippen molar-refractivity contribution in [3.05, 3.63) is 11.7 Å². The van der Waals surface area contributed by atoms with E-state index < -0.39 is 0 Å². The van der Waals surface area contributed by atoms with Crippen LogP contribution in [-0.2, 0) is 0 Å². The van der Waals surface area contributed by atoms with Gasteiger partial charge in [0.1, 0.15) is 0 Å². The maximum Gasteiger partial charge on any atom is 0.292 e. The van der Waals surface area contributed by atoms with Gasteiger partial charge in [-0.25, -0.2) is 0 Å². The van der Waals surface area contributed by atoms with Crippen molar-refractivity contribution in [2.75, 3.05) is 6.54 Å². The number of hydrogen-bond donors (Lipinski definition) is 2. The Morgan fingerprint density at radius 3 is 2.75 bits per heavy atom. The van der Waals surface area contributed by atoms with Crippen molar-refractivity contribution in [3.8, 4) is 0 Å². The maximum absolute atomic E-state index is 11.5. The van der Waals surface area contributed by atoms with E-state index in [1.54, 1.807) is 13.8 Å². The van der Waals surface area contributed by atoms with Gasteiger partial charge in [-0.2, -0.15) is 4.98 Å². The fraction of sp³-hybridized carbons (Fsp3) is 0.700. The zero-order chi connectivity index (χ0) is 12.1. The normalized spacial score (nSPS) is 14.5. The number of carbonyl (C=O) groups is 1. The second-order valence-corrected chi connectivity index (χ2v) is 4.04. The number of amides is 1. The van der Waals surface area contributed by atoms with Crippen molar-refractivity contribution in [3.63, 3.8) is 0 Å². The molecule has 2 atom stereocenters. The van der Waals surface area contributed by atoms with Crippen LogP contribution in [0.4, 0.5) is 0 Å². The highest BCUT2D eigenvalue weighted by Gasteiger charge is 2.14. The molecule has 1 amide bonds. The first-order chi connectivity index (χ1) is 7.49. The lowest BCUT2D eigenvalue weighted by atomic mass is 10.0. The van der Waals surface area contributed by atoms with Crippen LogP contribution in [-0.4, -0.2) is 33.8 Å². The fourth-order valence-corrected chi connectivity index (χ4v) is 1.40. The highest BCUT2D eigenvalue weighted by atomic mass is 16.5. The molecule has 0 saturated heterocycles. The van der Waals surface area contributed by atoms with E-state index in [9.17, 15) is 4.79 Å². The summed E-state index contributed by atoms with van der Waals surface area (Å²) in [5, 5.41) is 15.3. The number of hydrogen-bond acceptors (Lipinski definition) is 5. The van der Waals surface area contributed by atoms with Gasteiger partial charge >= 0.3 is 0 Å². The molecule has 6 heteroatoms. The summed E-state index contributed by atoms with van der Waals surface area (Å²) in [6, 6.07) is 0. The van der Waals surface area contributed by atoms with Gasteiger partial charge in [-0.15, -0.1) is 0 Å². The molecule has 0 bridgehead atoms. The summed E-state index contributed by atoms with van der Waals surface area (Å²) in [5.41, 5.74) is 0. The molecule has 0 saturated carbocycles. The van der Waals surface area contributed by atoms with E-state index in [2.05, 4.69) is 15.5 Å². The first-order valence-electron chi connectivity index (χ1n) is 5.25. The zero-order valence-corrected chi connectivity index (χ0v) is 9.73. The Morgan fingerprint density at radius 1 is 1.56 bits per heavy atom. The average Bonchev–Trinajstić information content (AvgIpc) is 2.60. The number of nitrogens with one attached hydrogen (secondary N) is 1. The predicted octanol–water partition coefficient (Wildman–Crippen LogP) is 0.515. The minimum atomic E-state index is -0.362. The van der Waals surface area contributed by atoms with Gasteiger partial charge in [0.15, 0.2) is 0 Å². The zero-order valence-electron chi connectivity index (χ0n) is 9.73. The molecule has 0 fully saturated rings. The van der Waals surface area contributed by atoms with E-state index in [1.165, 1.54) is 0 Å². The van der Waals surface area contributed by atoms with Crippen LogP contribution in [0.1, 0.15) is 36.8 Å². The number of aliphatic hydroxyl groups excluding tert-OH is 1. The number of nitrogens with zero attached hydrogens (tertiary/aromatic N) is 2. The van der Waals surface area contributed by atoms with Gasteiger partial charge in [0.2, 0.25) is 5.89 Å². The lowest BCUT2D eigenvalue weighted by molar-refractivity contribution is 0.0926. The van der Waals surface area contributed by atoms with E-state index in [-0.39, 0.29) is 23.8 Å². The van der Waals surface area contributed by atoms with Gasteiger partial charge in [0, 0.05) is 13.5 Å². The Labute approximate surface area is 94.0 Å².